The summed E-state index contributed by atoms with van der Waals surface area (Å²) in [6.45, 7) is 3.28. The third-order valence-corrected chi connectivity index (χ3v) is 5.47. The first-order chi connectivity index (χ1) is 14.6. The number of carbonyl (C=O) groups is 2. The number of halogens is 4. The number of aliphatic carboxylic acids is 1. The van der Waals surface area contributed by atoms with Crippen LogP contribution in [0.3, 0.4) is 0 Å². The number of carboxylic acids is 1. The minimum absolute atomic E-state index is 0.192. The highest BCUT2D eigenvalue weighted by molar-refractivity contribution is 6.04. The first-order valence-corrected chi connectivity index (χ1v) is 9.60. The van der Waals surface area contributed by atoms with Crippen LogP contribution in [0.4, 0.5) is 23.2 Å². The minimum atomic E-state index is -5.08. The number of hydrogen-bond acceptors (Lipinski definition) is 4. The molecule has 0 aliphatic carbocycles. The Kier molecular flexibility index (Phi) is 6.59. The number of nitrogens with zero attached hydrogens (tertiary/aromatic N) is 3. The van der Waals surface area contributed by atoms with Gasteiger partial charge in [0.25, 0.3) is 0 Å². The molecule has 0 atom stereocenters. The molecule has 0 bridgehead atoms. The van der Waals surface area contributed by atoms with E-state index in [-0.39, 0.29) is 17.1 Å². The normalized spacial score (nSPS) is 18.2. The van der Waals surface area contributed by atoms with Gasteiger partial charge in [0.05, 0.1) is 17.3 Å². The second kappa shape index (κ2) is 9.01. The van der Waals surface area contributed by atoms with Gasteiger partial charge >= 0.3 is 12.1 Å². The van der Waals surface area contributed by atoms with E-state index in [9.17, 15) is 22.4 Å². The minimum Gasteiger partial charge on any atom is -0.475 e. The van der Waals surface area contributed by atoms with Gasteiger partial charge in [-0.15, -0.1) is 0 Å². The van der Waals surface area contributed by atoms with Gasteiger partial charge in [-0.1, -0.05) is 12.1 Å². The van der Waals surface area contributed by atoms with Crippen molar-refractivity contribution in [3.05, 3.63) is 60.2 Å². The largest absolute Gasteiger partial charge is 0.490 e. The summed E-state index contributed by atoms with van der Waals surface area (Å²) < 4.78 is 45.0. The van der Waals surface area contributed by atoms with Gasteiger partial charge in [-0.2, -0.15) is 13.2 Å². The zero-order valence-electron chi connectivity index (χ0n) is 16.5. The molecule has 1 aromatic heterocycles. The Morgan fingerprint density at radius 2 is 1.84 bits per heavy atom. The van der Waals surface area contributed by atoms with Crippen molar-refractivity contribution in [1.29, 1.82) is 0 Å². The van der Waals surface area contributed by atoms with Crippen molar-refractivity contribution >= 4 is 17.6 Å². The molecule has 2 aliphatic rings. The van der Waals surface area contributed by atoms with E-state index in [2.05, 4.69) is 9.88 Å². The van der Waals surface area contributed by atoms with Crippen LogP contribution >= 0.6 is 0 Å². The summed E-state index contributed by atoms with van der Waals surface area (Å²) >= 11 is 0. The predicted octanol–water partition coefficient (Wildman–Crippen LogP) is 3.48. The second-order valence-corrected chi connectivity index (χ2v) is 7.59. The van der Waals surface area contributed by atoms with Crippen molar-refractivity contribution in [3.63, 3.8) is 0 Å². The van der Waals surface area contributed by atoms with E-state index >= 15 is 0 Å². The zero-order valence-corrected chi connectivity index (χ0v) is 16.5. The van der Waals surface area contributed by atoms with Gasteiger partial charge in [0.2, 0.25) is 5.91 Å². The molecule has 10 heteroatoms. The summed E-state index contributed by atoms with van der Waals surface area (Å²) in [5.74, 6) is -2.73. The Labute approximate surface area is 176 Å². The van der Waals surface area contributed by atoms with Gasteiger partial charge in [0.15, 0.2) is 0 Å². The van der Waals surface area contributed by atoms with Gasteiger partial charge in [-0.3, -0.25) is 14.7 Å². The van der Waals surface area contributed by atoms with Crippen LogP contribution < -0.4 is 4.90 Å². The molecule has 0 saturated carbocycles. The Morgan fingerprint density at radius 3 is 2.35 bits per heavy atom. The number of carbonyl (C=O) groups excluding carboxylic acids is 1. The molecule has 6 nitrogen and oxygen atoms in total. The molecular formula is C21H21F4N3O3. The Hall–Kier alpha value is -3.01. The average Bonchev–Trinajstić information content (AvgIpc) is 2.73. The maximum atomic E-state index is 13.3. The monoisotopic (exact) mass is 439 g/mol. The number of β-lactam (4-membered cyclic amide) rings is 1. The number of piperidine rings is 1. The van der Waals surface area contributed by atoms with Crippen molar-refractivity contribution in [2.75, 3.05) is 24.5 Å². The summed E-state index contributed by atoms with van der Waals surface area (Å²) in [6.07, 6.45) is 0.119. The fourth-order valence-electron chi connectivity index (χ4n) is 3.76. The smallest absolute Gasteiger partial charge is 0.475 e. The number of carboxylic acid groups (broad SMARTS) is 1. The highest BCUT2D eigenvalue weighted by Gasteiger charge is 2.53. The number of anilines is 1. The predicted molar refractivity (Wildman–Crippen MR) is 104 cm³/mol. The van der Waals surface area contributed by atoms with Gasteiger partial charge in [0, 0.05) is 19.3 Å². The molecule has 166 valence electrons. The number of pyridine rings is 1. The number of aromatic nitrogens is 1. The van der Waals surface area contributed by atoms with E-state index in [0.29, 0.717) is 0 Å². The SMILES string of the molecule is O=C(O)C(F)(F)F.O=C1N(c2cccnc2)CC12CCN(Cc1cccc(F)c1)CC2. The number of rotatable bonds is 3. The lowest BCUT2D eigenvalue weighted by Crippen LogP contribution is -2.65. The summed E-state index contributed by atoms with van der Waals surface area (Å²) in [5, 5.41) is 7.12. The molecule has 4 rings (SSSR count). The molecule has 31 heavy (non-hydrogen) atoms. The fourth-order valence-corrected chi connectivity index (χ4v) is 3.76. The molecule has 2 saturated heterocycles. The van der Waals surface area contributed by atoms with Crippen LogP contribution in [0.5, 0.6) is 0 Å². The van der Waals surface area contributed by atoms with Gasteiger partial charge in [0.1, 0.15) is 5.82 Å². The van der Waals surface area contributed by atoms with Crippen molar-refractivity contribution in [3.8, 4) is 0 Å². The first kappa shape index (κ1) is 22.7. The topological polar surface area (TPSA) is 73.7 Å². The van der Waals surface area contributed by atoms with E-state index in [1.807, 2.05) is 23.1 Å². The van der Waals surface area contributed by atoms with E-state index in [1.165, 1.54) is 6.07 Å². The number of likely N-dealkylation sites (tertiary alicyclic amines) is 1. The lowest BCUT2D eigenvalue weighted by Gasteiger charge is -2.52. The van der Waals surface area contributed by atoms with Crippen LogP contribution in [0, 0.1) is 11.2 Å². The number of alkyl halides is 3. The van der Waals surface area contributed by atoms with Gasteiger partial charge in [-0.05, 0) is 55.8 Å². The molecule has 2 aliphatic heterocycles. The van der Waals surface area contributed by atoms with Crippen LogP contribution in [0.2, 0.25) is 0 Å². The summed E-state index contributed by atoms with van der Waals surface area (Å²) in [4.78, 5) is 29.8. The average molecular weight is 439 g/mol. The van der Waals surface area contributed by atoms with E-state index in [4.69, 9.17) is 9.90 Å². The quantitative estimate of drug-likeness (QED) is 0.586. The summed E-state index contributed by atoms with van der Waals surface area (Å²) in [6, 6.07) is 10.5. The number of amides is 1. The maximum absolute atomic E-state index is 13.3. The number of benzene rings is 1. The third kappa shape index (κ3) is 5.38. The molecule has 0 unspecified atom stereocenters. The van der Waals surface area contributed by atoms with Crippen molar-refractivity contribution < 1.29 is 32.3 Å². The van der Waals surface area contributed by atoms with Crippen molar-refractivity contribution in [2.45, 2.75) is 25.6 Å². The fraction of sp³-hybridized carbons (Fsp3) is 0.381. The van der Waals surface area contributed by atoms with Crippen LogP contribution in [-0.4, -0.2) is 52.7 Å². The van der Waals surface area contributed by atoms with Crippen LogP contribution in [-0.2, 0) is 16.1 Å². The highest BCUT2D eigenvalue weighted by Crippen LogP contribution is 2.43. The Morgan fingerprint density at radius 1 is 1.16 bits per heavy atom. The standard InChI is InChI=1S/C19H20FN3O.C2HF3O2/c20-16-4-1-3-15(11-16)13-22-9-6-19(7-10-22)14-23(18(19)24)17-5-2-8-21-12-17;3-2(4,5)1(6)7/h1-5,8,11-12H,6-7,9-10,13-14H2;(H,6,7). The van der Waals surface area contributed by atoms with Crippen molar-refractivity contribution in [2.24, 2.45) is 5.41 Å². The van der Waals surface area contributed by atoms with Gasteiger partial charge in [-0.25, -0.2) is 9.18 Å². The van der Waals surface area contributed by atoms with Gasteiger partial charge < -0.3 is 10.0 Å². The second-order valence-electron chi connectivity index (χ2n) is 7.59. The molecule has 1 N–H and O–H groups in total. The maximum Gasteiger partial charge on any atom is 0.490 e. The Bertz CT molecular complexity index is 929. The summed E-state index contributed by atoms with van der Waals surface area (Å²) in [7, 11) is 0. The Balaban J connectivity index is 0.000000339. The molecule has 0 radical (unpaired) electrons. The third-order valence-electron chi connectivity index (χ3n) is 5.47. The first-order valence-electron chi connectivity index (χ1n) is 9.60. The lowest BCUT2D eigenvalue weighted by molar-refractivity contribution is -0.192. The molecule has 1 amide bonds. The molecular weight excluding hydrogens is 418 g/mol. The number of hydrogen-bond donors (Lipinski definition) is 1. The summed E-state index contributed by atoms with van der Waals surface area (Å²) in [5.41, 5.74) is 1.67. The van der Waals surface area contributed by atoms with E-state index in [0.717, 1.165) is 50.3 Å². The lowest BCUT2D eigenvalue weighted by atomic mass is 9.71. The van der Waals surface area contributed by atoms with Crippen molar-refractivity contribution in [1.82, 2.24) is 9.88 Å². The van der Waals surface area contributed by atoms with E-state index < -0.39 is 12.1 Å². The molecule has 2 aromatic rings. The van der Waals surface area contributed by atoms with E-state index in [1.54, 1.807) is 24.5 Å². The molecule has 1 aromatic carbocycles. The van der Waals surface area contributed by atoms with Crippen LogP contribution in [0.25, 0.3) is 0 Å². The zero-order chi connectivity index (χ0) is 22.6. The van der Waals surface area contributed by atoms with Crippen LogP contribution in [0.1, 0.15) is 18.4 Å². The van der Waals surface area contributed by atoms with Crippen LogP contribution in [0.15, 0.2) is 48.8 Å². The highest BCUT2D eigenvalue weighted by atomic mass is 19.4. The molecule has 3 heterocycles. The molecule has 2 fully saturated rings. The molecule has 1 spiro atoms.